The van der Waals surface area contributed by atoms with Crippen LogP contribution < -0.4 is 5.32 Å². The van der Waals surface area contributed by atoms with Crippen molar-refractivity contribution in [2.24, 2.45) is 5.92 Å². The van der Waals surface area contributed by atoms with Crippen molar-refractivity contribution >= 4 is 11.6 Å². The molecule has 1 aromatic carbocycles. The van der Waals surface area contributed by atoms with Gasteiger partial charge in [-0.15, -0.1) is 0 Å². The van der Waals surface area contributed by atoms with Gasteiger partial charge in [-0.2, -0.15) is 0 Å². The minimum Gasteiger partial charge on any atom is -0.444 e. The van der Waals surface area contributed by atoms with Gasteiger partial charge in [0.25, 0.3) is 0 Å². The Morgan fingerprint density at radius 2 is 2.23 bits per heavy atom. The van der Waals surface area contributed by atoms with E-state index in [1.165, 1.54) is 19.3 Å². The predicted molar refractivity (Wildman–Crippen MR) is 86.6 cm³/mol. The van der Waals surface area contributed by atoms with E-state index in [0.717, 1.165) is 28.9 Å². The first-order valence-corrected chi connectivity index (χ1v) is 8.01. The third kappa shape index (κ3) is 3.21. The number of rotatable bonds is 5. The second-order valence-electron chi connectivity index (χ2n) is 6.08. The Labute approximate surface area is 130 Å². The first-order valence-electron chi connectivity index (χ1n) is 8.01. The minimum absolute atomic E-state index is 0.0983. The first-order chi connectivity index (χ1) is 10.7. The fourth-order valence-corrected chi connectivity index (χ4v) is 2.69. The van der Waals surface area contributed by atoms with E-state index < -0.39 is 0 Å². The van der Waals surface area contributed by atoms with E-state index in [4.69, 9.17) is 4.42 Å². The molecule has 1 aliphatic rings. The van der Waals surface area contributed by atoms with Crippen molar-refractivity contribution in [3.05, 3.63) is 35.7 Å². The first kappa shape index (κ1) is 14.8. The second kappa shape index (κ2) is 6.34. The maximum Gasteiger partial charge on any atom is 0.226 e. The molecule has 1 fully saturated rings. The van der Waals surface area contributed by atoms with Crippen LogP contribution in [0.5, 0.6) is 0 Å². The number of aromatic nitrogens is 1. The summed E-state index contributed by atoms with van der Waals surface area (Å²) in [5, 5.41) is 2.99. The molecule has 4 nitrogen and oxygen atoms in total. The number of carbonyl (C=O) groups excluding carboxylic acids is 1. The van der Waals surface area contributed by atoms with Crippen LogP contribution in [0.3, 0.4) is 0 Å². The lowest BCUT2D eigenvalue weighted by atomic mass is 9.83. The van der Waals surface area contributed by atoms with Crippen molar-refractivity contribution in [1.29, 1.82) is 0 Å². The smallest absolute Gasteiger partial charge is 0.226 e. The van der Waals surface area contributed by atoms with Gasteiger partial charge in [0.05, 0.1) is 5.69 Å². The second-order valence-corrected chi connectivity index (χ2v) is 6.08. The average molecular weight is 298 g/mol. The summed E-state index contributed by atoms with van der Waals surface area (Å²) in [6.45, 7) is 4.07. The summed E-state index contributed by atoms with van der Waals surface area (Å²) in [5.41, 5.74) is 3.76. The molecule has 116 valence electrons. The van der Waals surface area contributed by atoms with Gasteiger partial charge in [-0.1, -0.05) is 19.4 Å². The Hall–Kier alpha value is -2.10. The average Bonchev–Trinajstić information content (AvgIpc) is 2.94. The lowest BCUT2D eigenvalue weighted by molar-refractivity contribution is -0.117. The van der Waals surface area contributed by atoms with E-state index in [2.05, 4.69) is 10.3 Å². The van der Waals surface area contributed by atoms with Crippen molar-refractivity contribution in [3.8, 4) is 11.5 Å². The van der Waals surface area contributed by atoms with Gasteiger partial charge in [0.15, 0.2) is 0 Å². The Morgan fingerprint density at radius 1 is 1.41 bits per heavy atom. The lowest BCUT2D eigenvalue weighted by Crippen LogP contribution is -2.20. The quantitative estimate of drug-likeness (QED) is 0.893. The van der Waals surface area contributed by atoms with Crippen LogP contribution >= 0.6 is 0 Å². The zero-order chi connectivity index (χ0) is 15.5. The van der Waals surface area contributed by atoms with Crippen LogP contribution in [0.1, 0.15) is 43.9 Å². The van der Waals surface area contributed by atoms with E-state index in [-0.39, 0.29) is 5.91 Å². The van der Waals surface area contributed by atoms with Gasteiger partial charge in [0.2, 0.25) is 11.8 Å². The Bertz CT molecular complexity index is 671. The highest BCUT2D eigenvalue weighted by Crippen LogP contribution is 2.30. The SMILES string of the molecule is CCc1coc(-c2cc(NC(=O)CC3CCC3)ccc2C)n1. The van der Waals surface area contributed by atoms with Crippen LogP contribution in [0, 0.1) is 12.8 Å². The molecule has 0 saturated heterocycles. The number of nitrogens with one attached hydrogen (secondary N) is 1. The molecule has 3 rings (SSSR count). The van der Waals surface area contributed by atoms with Crippen molar-refractivity contribution in [3.63, 3.8) is 0 Å². The zero-order valence-electron chi connectivity index (χ0n) is 13.2. The number of anilines is 1. The number of benzene rings is 1. The third-order valence-electron chi connectivity index (χ3n) is 4.36. The normalized spacial score (nSPS) is 14.6. The molecule has 0 aliphatic heterocycles. The molecule has 0 spiro atoms. The maximum atomic E-state index is 12.0. The summed E-state index contributed by atoms with van der Waals surface area (Å²) in [7, 11) is 0. The van der Waals surface area contributed by atoms with Gasteiger partial charge in [-0.05, 0) is 49.8 Å². The highest BCUT2D eigenvalue weighted by Gasteiger charge is 2.20. The predicted octanol–water partition coefficient (Wildman–Crippen LogP) is 4.34. The van der Waals surface area contributed by atoms with Crippen LogP contribution in [-0.2, 0) is 11.2 Å². The summed E-state index contributed by atoms with van der Waals surface area (Å²) >= 11 is 0. The number of hydrogen-bond acceptors (Lipinski definition) is 3. The van der Waals surface area contributed by atoms with Gasteiger partial charge in [-0.25, -0.2) is 4.98 Å². The molecule has 1 heterocycles. The standard InChI is InChI=1S/C18H22N2O2/c1-3-14-11-22-18(20-14)16-10-15(8-7-12(16)2)19-17(21)9-13-5-4-6-13/h7-8,10-11,13H,3-6,9H2,1-2H3,(H,19,21). The van der Waals surface area contributed by atoms with Crippen molar-refractivity contribution in [1.82, 2.24) is 4.98 Å². The summed E-state index contributed by atoms with van der Waals surface area (Å²) < 4.78 is 5.55. The molecule has 0 unspecified atom stereocenters. The molecule has 1 N–H and O–H groups in total. The largest absolute Gasteiger partial charge is 0.444 e. The molecule has 0 atom stereocenters. The molecule has 0 radical (unpaired) electrons. The van der Waals surface area contributed by atoms with Crippen molar-refractivity contribution in [2.45, 2.75) is 46.0 Å². The van der Waals surface area contributed by atoms with E-state index in [9.17, 15) is 4.79 Å². The highest BCUT2D eigenvalue weighted by molar-refractivity contribution is 5.91. The fraction of sp³-hybridized carbons (Fsp3) is 0.444. The molecule has 2 aromatic rings. The van der Waals surface area contributed by atoms with E-state index >= 15 is 0 Å². The van der Waals surface area contributed by atoms with Crippen LogP contribution in [0.4, 0.5) is 5.69 Å². The third-order valence-corrected chi connectivity index (χ3v) is 4.36. The number of oxazole rings is 1. The van der Waals surface area contributed by atoms with Crippen LogP contribution in [0.15, 0.2) is 28.9 Å². The Balaban J connectivity index is 1.75. The van der Waals surface area contributed by atoms with Gasteiger partial charge < -0.3 is 9.73 Å². The molecule has 1 saturated carbocycles. The van der Waals surface area contributed by atoms with Gasteiger partial charge in [-0.3, -0.25) is 4.79 Å². The van der Waals surface area contributed by atoms with E-state index in [1.54, 1.807) is 6.26 Å². The Kier molecular flexibility index (Phi) is 4.27. The zero-order valence-corrected chi connectivity index (χ0v) is 13.2. The lowest BCUT2D eigenvalue weighted by Gasteiger charge is -2.24. The topological polar surface area (TPSA) is 55.1 Å². The maximum absolute atomic E-state index is 12.0. The van der Waals surface area contributed by atoms with Gasteiger partial charge in [0, 0.05) is 17.7 Å². The summed E-state index contributed by atoms with van der Waals surface area (Å²) in [5.74, 6) is 1.29. The van der Waals surface area contributed by atoms with Crippen LogP contribution in [-0.4, -0.2) is 10.9 Å². The monoisotopic (exact) mass is 298 g/mol. The molecular weight excluding hydrogens is 276 g/mol. The summed E-state index contributed by atoms with van der Waals surface area (Å²) in [6, 6.07) is 5.87. The molecule has 22 heavy (non-hydrogen) atoms. The number of carbonyl (C=O) groups is 1. The van der Waals surface area contributed by atoms with Crippen LogP contribution in [0.25, 0.3) is 11.5 Å². The van der Waals surface area contributed by atoms with E-state index in [0.29, 0.717) is 18.2 Å². The highest BCUT2D eigenvalue weighted by atomic mass is 16.3. The number of aryl methyl sites for hydroxylation is 2. The number of nitrogens with zero attached hydrogens (tertiary/aromatic N) is 1. The molecule has 1 aliphatic carbocycles. The van der Waals surface area contributed by atoms with Gasteiger partial charge in [0.1, 0.15) is 6.26 Å². The van der Waals surface area contributed by atoms with E-state index in [1.807, 2.05) is 32.0 Å². The minimum atomic E-state index is 0.0983. The van der Waals surface area contributed by atoms with Crippen molar-refractivity contribution in [2.75, 3.05) is 5.32 Å². The number of hydrogen-bond donors (Lipinski definition) is 1. The fourth-order valence-electron chi connectivity index (χ4n) is 2.69. The molecule has 4 heteroatoms. The van der Waals surface area contributed by atoms with Gasteiger partial charge >= 0.3 is 0 Å². The molecular formula is C18H22N2O2. The number of amides is 1. The Morgan fingerprint density at radius 3 is 2.86 bits per heavy atom. The molecule has 1 aromatic heterocycles. The van der Waals surface area contributed by atoms with Crippen LogP contribution in [0.2, 0.25) is 0 Å². The summed E-state index contributed by atoms with van der Waals surface area (Å²) in [4.78, 5) is 16.5. The molecule has 0 bridgehead atoms. The van der Waals surface area contributed by atoms with Crippen molar-refractivity contribution < 1.29 is 9.21 Å². The molecule has 1 amide bonds. The summed E-state index contributed by atoms with van der Waals surface area (Å²) in [6.07, 6.45) is 6.79.